The maximum atomic E-state index is 12.9. The predicted molar refractivity (Wildman–Crippen MR) is 157 cm³/mol. The lowest BCUT2D eigenvalue weighted by Crippen LogP contribution is -2.24. The molecular weight excluding hydrogens is 562 g/mol. The van der Waals surface area contributed by atoms with Gasteiger partial charge in [-0.3, -0.25) is 4.79 Å². The van der Waals surface area contributed by atoms with Gasteiger partial charge >= 0.3 is 0 Å². The number of aryl methyl sites for hydroxylation is 3. The molecule has 2 N–H and O–H groups in total. The summed E-state index contributed by atoms with van der Waals surface area (Å²) in [7, 11) is 0. The van der Waals surface area contributed by atoms with Crippen LogP contribution in [-0.2, 0) is 13.1 Å². The van der Waals surface area contributed by atoms with Crippen molar-refractivity contribution >= 4 is 44.9 Å². The van der Waals surface area contributed by atoms with Crippen molar-refractivity contribution in [2.24, 2.45) is 0 Å². The lowest BCUT2D eigenvalue weighted by atomic mass is 9.99. The molecular formula is C30H27BrClN5O. The van der Waals surface area contributed by atoms with E-state index in [1.807, 2.05) is 75.4 Å². The van der Waals surface area contributed by atoms with Crippen LogP contribution in [0.4, 0.5) is 5.82 Å². The fraction of sp³-hybridized carbons (Fsp3) is 0.167. The van der Waals surface area contributed by atoms with E-state index < -0.39 is 0 Å². The van der Waals surface area contributed by atoms with Crippen LogP contribution in [0.5, 0.6) is 0 Å². The molecule has 5 rings (SSSR count). The molecule has 1 amide bonds. The molecule has 0 saturated heterocycles. The molecule has 0 saturated carbocycles. The van der Waals surface area contributed by atoms with Gasteiger partial charge in [-0.2, -0.15) is 9.61 Å². The standard InChI is InChI=1S/C30H27BrClN5O/c1-18-11-19(2)28(20(3)12-18)30(38)34-16-22-8-6-7-21(13-22)15-33-27-14-26(23-9-4-5-10-25(23)32)36-29-24(31)17-35-37(27)29/h4-14,17,33H,15-16H2,1-3H3,(H,34,38). The molecule has 2 heterocycles. The number of rotatable bonds is 7. The summed E-state index contributed by atoms with van der Waals surface area (Å²) in [6, 6.07) is 21.8. The predicted octanol–water partition coefficient (Wildman–Crippen LogP) is 7.28. The lowest BCUT2D eigenvalue weighted by molar-refractivity contribution is 0.0949. The van der Waals surface area contributed by atoms with Crippen molar-refractivity contribution in [1.82, 2.24) is 19.9 Å². The summed E-state index contributed by atoms with van der Waals surface area (Å²) in [6.07, 6.45) is 1.73. The Kier molecular flexibility index (Phi) is 7.49. The Morgan fingerprint density at radius 3 is 2.39 bits per heavy atom. The number of nitrogens with one attached hydrogen (secondary N) is 2. The van der Waals surface area contributed by atoms with Gasteiger partial charge in [0.1, 0.15) is 5.82 Å². The van der Waals surface area contributed by atoms with Crippen LogP contribution in [0.3, 0.4) is 0 Å². The molecule has 0 spiro atoms. The van der Waals surface area contributed by atoms with Gasteiger partial charge in [-0.1, -0.05) is 71.8 Å². The van der Waals surface area contributed by atoms with Gasteiger partial charge in [-0.05, 0) is 65.0 Å². The second kappa shape index (κ2) is 11.0. The average Bonchev–Trinajstić information content (AvgIpc) is 3.26. The Morgan fingerprint density at radius 1 is 0.947 bits per heavy atom. The first-order valence-electron chi connectivity index (χ1n) is 12.3. The number of carbonyl (C=O) groups excluding carboxylic acids is 1. The minimum absolute atomic E-state index is 0.0564. The monoisotopic (exact) mass is 587 g/mol. The first kappa shape index (κ1) is 25.9. The highest BCUT2D eigenvalue weighted by Crippen LogP contribution is 2.30. The molecule has 3 aromatic carbocycles. The smallest absolute Gasteiger partial charge is 0.252 e. The number of amides is 1. The molecule has 5 aromatic rings. The number of anilines is 1. The molecule has 192 valence electrons. The fourth-order valence-corrected chi connectivity index (χ4v) is 5.30. The maximum absolute atomic E-state index is 12.9. The molecule has 8 heteroatoms. The van der Waals surface area contributed by atoms with Crippen LogP contribution in [0.25, 0.3) is 16.9 Å². The first-order chi connectivity index (χ1) is 18.3. The Hall–Kier alpha value is -3.68. The molecule has 38 heavy (non-hydrogen) atoms. The third-order valence-corrected chi connectivity index (χ3v) is 7.29. The largest absolute Gasteiger partial charge is 0.366 e. The van der Waals surface area contributed by atoms with Crippen molar-refractivity contribution in [3.8, 4) is 11.3 Å². The highest BCUT2D eigenvalue weighted by Gasteiger charge is 2.14. The van der Waals surface area contributed by atoms with Crippen molar-refractivity contribution in [1.29, 1.82) is 0 Å². The summed E-state index contributed by atoms with van der Waals surface area (Å²) in [5.41, 5.74) is 8.29. The van der Waals surface area contributed by atoms with E-state index in [0.29, 0.717) is 23.8 Å². The van der Waals surface area contributed by atoms with Crippen LogP contribution in [-0.4, -0.2) is 20.5 Å². The van der Waals surface area contributed by atoms with E-state index in [4.69, 9.17) is 16.6 Å². The summed E-state index contributed by atoms with van der Waals surface area (Å²) in [6.45, 7) is 7.01. The first-order valence-corrected chi connectivity index (χ1v) is 13.4. The van der Waals surface area contributed by atoms with Crippen LogP contribution < -0.4 is 10.6 Å². The molecule has 0 unspecified atom stereocenters. The summed E-state index contributed by atoms with van der Waals surface area (Å²) in [4.78, 5) is 17.7. The van der Waals surface area contributed by atoms with Crippen molar-refractivity contribution in [2.45, 2.75) is 33.9 Å². The highest BCUT2D eigenvalue weighted by molar-refractivity contribution is 9.10. The molecule has 0 aliphatic carbocycles. The number of fused-ring (bicyclic) bond motifs is 1. The molecule has 2 aromatic heterocycles. The summed E-state index contributed by atoms with van der Waals surface area (Å²) >= 11 is 10.0. The number of carbonyl (C=O) groups is 1. The quantitative estimate of drug-likeness (QED) is 0.210. The Balaban J connectivity index is 1.33. The van der Waals surface area contributed by atoms with Gasteiger partial charge < -0.3 is 10.6 Å². The van der Waals surface area contributed by atoms with Crippen LogP contribution in [0.2, 0.25) is 5.02 Å². The highest BCUT2D eigenvalue weighted by atomic mass is 79.9. The van der Waals surface area contributed by atoms with E-state index in [1.165, 1.54) is 0 Å². The third-order valence-electron chi connectivity index (χ3n) is 6.40. The number of halogens is 2. The molecule has 0 aliphatic rings. The van der Waals surface area contributed by atoms with Gasteiger partial charge in [-0.25, -0.2) is 4.98 Å². The Morgan fingerprint density at radius 2 is 1.66 bits per heavy atom. The lowest BCUT2D eigenvalue weighted by Gasteiger charge is -2.13. The second-order valence-electron chi connectivity index (χ2n) is 9.36. The van der Waals surface area contributed by atoms with Gasteiger partial charge in [-0.15, -0.1) is 0 Å². The molecule has 0 bridgehead atoms. The minimum Gasteiger partial charge on any atom is -0.366 e. The van der Waals surface area contributed by atoms with Crippen molar-refractivity contribution in [2.75, 3.05) is 5.32 Å². The van der Waals surface area contributed by atoms with Crippen LogP contribution in [0, 0.1) is 20.8 Å². The number of nitrogens with zero attached hydrogens (tertiary/aromatic N) is 3. The SMILES string of the molecule is Cc1cc(C)c(C(=O)NCc2cccc(CNc3cc(-c4ccccc4Cl)nc4c(Br)cnn34)c2)c(C)c1. The van der Waals surface area contributed by atoms with Gasteiger partial charge in [0.15, 0.2) is 5.65 Å². The summed E-state index contributed by atoms with van der Waals surface area (Å²) in [5, 5.41) is 11.7. The van der Waals surface area contributed by atoms with E-state index in [2.05, 4.69) is 43.8 Å². The van der Waals surface area contributed by atoms with Crippen LogP contribution >= 0.6 is 27.5 Å². The van der Waals surface area contributed by atoms with Gasteiger partial charge in [0, 0.05) is 35.3 Å². The van der Waals surface area contributed by atoms with Gasteiger partial charge in [0.2, 0.25) is 0 Å². The Labute approximate surface area is 235 Å². The van der Waals surface area contributed by atoms with E-state index in [0.717, 1.165) is 54.9 Å². The van der Waals surface area contributed by atoms with E-state index in [1.54, 1.807) is 10.7 Å². The molecule has 6 nitrogen and oxygen atoms in total. The molecule has 0 radical (unpaired) electrons. The van der Waals surface area contributed by atoms with Crippen molar-refractivity contribution < 1.29 is 4.79 Å². The summed E-state index contributed by atoms with van der Waals surface area (Å²) < 4.78 is 2.56. The van der Waals surface area contributed by atoms with Gasteiger partial charge in [0.25, 0.3) is 5.91 Å². The van der Waals surface area contributed by atoms with Crippen molar-refractivity contribution in [3.63, 3.8) is 0 Å². The zero-order chi connectivity index (χ0) is 26.8. The number of hydrogen-bond donors (Lipinski definition) is 2. The van der Waals surface area contributed by atoms with Crippen molar-refractivity contribution in [3.05, 3.63) is 116 Å². The molecule has 0 fully saturated rings. The minimum atomic E-state index is -0.0564. The van der Waals surface area contributed by atoms with E-state index in [9.17, 15) is 4.79 Å². The van der Waals surface area contributed by atoms with Gasteiger partial charge in [0.05, 0.1) is 16.4 Å². The van der Waals surface area contributed by atoms with Crippen LogP contribution in [0.1, 0.15) is 38.2 Å². The normalized spacial score (nSPS) is 11.1. The number of hydrogen-bond acceptors (Lipinski definition) is 4. The third kappa shape index (κ3) is 5.44. The van der Waals surface area contributed by atoms with E-state index in [-0.39, 0.29) is 5.91 Å². The second-order valence-corrected chi connectivity index (χ2v) is 10.6. The molecule has 0 atom stereocenters. The zero-order valence-electron chi connectivity index (χ0n) is 21.3. The average molecular weight is 589 g/mol. The van der Waals surface area contributed by atoms with Crippen LogP contribution in [0.15, 0.2) is 77.4 Å². The topological polar surface area (TPSA) is 71.3 Å². The number of aromatic nitrogens is 3. The Bertz CT molecular complexity index is 1640. The number of benzene rings is 3. The maximum Gasteiger partial charge on any atom is 0.252 e. The molecule has 0 aliphatic heterocycles. The fourth-order valence-electron chi connectivity index (χ4n) is 4.72. The van der Waals surface area contributed by atoms with E-state index >= 15 is 0 Å². The zero-order valence-corrected chi connectivity index (χ0v) is 23.7. The summed E-state index contributed by atoms with van der Waals surface area (Å²) in [5.74, 6) is 0.735.